The van der Waals surface area contributed by atoms with E-state index in [0.717, 1.165) is 24.8 Å². The summed E-state index contributed by atoms with van der Waals surface area (Å²) < 4.78 is 0. The number of carbonyl (C=O) groups excluding carboxylic acids is 1. The topological polar surface area (TPSA) is 56.0 Å². The van der Waals surface area contributed by atoms with Crippen molar-refractivity contribution in [3.8, 4) is 0 Å². The lowest BCUT2D eigenvalue weighted by Crippen LogP contribution is -2.21. The quantitative estimate of drug-likeness (QED) is 0.361. The van der Waals surface area contributed by atoms with Crippen LogP contribution in [0, 0.1) is 0 Å². The predicted molar refractivity (Wildman–Crippen MR) is 102 cm³/mol. The van der Waals surface area contributed by atoms with Crippen molar-refractivity contribution in [2.75, 3.05) is 0 Å². The van der Waals surface area contributed by atoms with Gasteiger partial charge in [-0.1, -0.05) is 63.7 Å². The molecule has 1 aromatic heterocycles. The minimum Gasteiger partial charge on any atom is -0.369 e. The van der Waals surface area contributed by atoms with Crippen molar-refractivity contribution in [1.29, 1.82) is 0 Å². The molecule has 1 unspecified atom stereocenters. The lowest BCUT2D eigenvalue weighted by atomic mass is 9.93. The van der Waals surface area contributed by atoms with E-state index in [1.165, 1.54) is 51.4 Å². The van der Waals surface area contributed by atoms with Crippen LogP contribution in [0.4, 0.5) is 0 Å². The highest BCUT2D eigenvalue weighted by molar-refractivity contribution is 5.81. The molecule has 134 valence electrons. The first-order valence-electron chi connectivity index (χ1n) is 9.60. The lowest BCUT2D eigenvalue weighted by molar-refractivity contribution is -0.119. The van der Waals surface area contributed by atoms with Gasteiger partial charge in [-0.3, -0.25) is 9.78 Å². The monoisotopic (exact) mass is 330 g/mol. The van der Waals surface area contributed by atoms with Gasteiger partial charge in [-0.2, -0.15) is 0 Å². The second-order valence-electron chi connectivity index (χ2n) is 6.55. The fourth-order valence-electron chi connectivity index (χ4n) is 2.94. The molecule has 0 aliphatic heterocycles. The molecule has 2 N–H and O–H groups in total. The van der Waals surface area contributed by atoms with Gasteiger partial charge in [0.1, 0.15) is 0 Å². The maximum Gasteiger partial charge on any atom is 0.225 e. The number of amides is 1. The molecule has 1 heterocycles. The van der Waals surface area contributed by atoms with Gasteiger partial charge in [0, 0.05) is 12.4 Å². The third-order valence-electron chi connectivity index (χ3n) is 4.43. The average Bonchev–Trinajstić information content (AvgIpc) is 2.59. The van der Waals surface area contributed by atoms with Gasteiger partial charge in [0.2, 0.25) is 5.91 Å². The van der Waals surface area contributed by atoms with Crippen LogP contribution in [-0.4, -0.2) is 10.9 Å². The van der Waals surface area contributed by atoms with Crippen molar-refractivity contribution in [2.24, 2.45) is 5.73 Å². The summed E-state index contributed by atoms with van der Waals surface area (Å²) >= 11 is 0. The number of pyridine rings is 1. The van der Waals surface area contributed by atoms with E-state index in [1.54, 1.807) is 12.4 Å². The molecule has 3 nitrogen and oxygen atoms in total. The Morgan fingerprint density at radius 1 is 1.08 bits per heavy atom. The van der Waals surface area contributed by atoms with E-state index in [0.29, 0.717) is 0 Å². The van der Waals surface area contributed by atoms with E-state index in [1.807, 2.05) is 12.1 Å². The normalized spacial score (nSPS) is 12.5. The zero-order valence-corrected chi connectivity index (χ0v) is 15.3. The van der Waals surface area contributed by atoms with Gasteiger partial charge < -0.3 is 5.73 Å². The third-order valence-corrected chi connectivity index (χ3v) is 4.43. The molecule has 0 aromatic carbocycles. The lowest BCUT2D eigenvalue weighted by Gasteiger charge is -2.12. The highest BCUT2D eigenvalue weighted by Crippen LogP contribution is 2.21. The first-order valence-corrected chi connectivity index (χ1v) is 9.60. The van der Waals surface area contributed by atoms with Crippen LogP contribution in [0.15, 0.2) is 36.7 Å². The van der Waals surface area contributed by atoms with Gasteiger partial charge >= 0.3 is 0 Å². The summed E-state index contributed by atoms with van der Waals surface area (Å²) in [5, 5.41) is 0. The Morgan fingerprint density at radius 2 is 1.75 bits per heavy atom. The van der Waals surface area contributed by atoms with E-state index < -0.39 is 0 Å². The Balaban J connectivity index is 2.06. The molecule has 0 fully saturated rings. The molecule has 1 atom stereocenters. The zero-order valence-electron chi connectivity index (χ0n) is 15.3. The van der Waals surface area contributed by atoms with E-state index in [9.17, 15) is 4.79 Å². The van der Waals surface area contributed by atoms with Gasteiger partial charge in [0.05, 0.1) is 5.92 Å². The number of allylic oxidation sites excluding steroid dienone is 2. The summed E-state index contributed by atoms with van der Waals surface area (Å²) in [6, 6.07) is 3.80. The smallest absolute Gasteiger partial charge is 0.225 e. The first kappa shape index (κ1) is 20.4. The summed E-state index contributed by atoms with van der Waals surface area (Å²) in [7, 11) is 0. The fourth-order valence-corrected chi connectivity index (χ4v) is 2.94. The van der Waals surface area contributed by atoms with Crippen molar-refractivity contribution >= 4 is 5.91 Å². The molecule has 0 bridgehead atoms. The molecular weight excluding hydrogens is 296 g/mol. The number of unbranched alkanes of at least 4 members (excludes halogenated alkanes) is 8. The molecule has 0 saturated carbocycles. The zero-order chi connectivity index (χ0) is 17.5. The Labute approximate surface area is 147 Å². The van der Waals surface area contributed by atoms with E-state index in [2.05, 4.69) is 24.1 Å². The molecule has 0 aliphatic carbocycles. The number of rotatable bonds is 14. The van der Waals surface area contributed by atoms with E-state index in [-0.39, 0.29) is 11.8 Å². The van der Waals surface area contributed by atoms with E-state index >= 15 is 0 Å². The molecule has 1 rings (SSSR count). The molecule has 24 heavy (non-hydrogen) atoms. The Morgan fingerprint density at radius 3 is 2.33 bits per heavy atom. The summed E-state index contributed by atoms with van der Waals surface area (Å²) in [5.41, 5.74) is 6.47. The molecule has 1 amide bonds. The van der Waals surface area contributed by atoms with Gasteiger partial charge in [-0.15, -0.1) is 0 Å². The van der Waals surface area contributed by atoms with Crippen LogP contribution in [0.1, 0.15) is 89.0 Å². The van der Waals surface area contributed by atoms with Crippen molar-refractivity contribution < 1.29 is 4.79 Å². The minimum absolute atomic E-state index is 0.193. The maximum atomic E-state index is 11.6. The Hall–Kier alpha value is -1.64. The van der Waals surface area contributed by atoms with Crippen LogP contribution in [0.5, 0.6) is 0 Å². The van der Waals surface area contributed by atoms with Gasteiger partial charge in [0.15, 0.2) is 0 Å². The second kappa shape index (κ2) is 13.8. The molecule has 0 radical (unpaired) electrons. The largest absolute Gasteiger partial charge is 0.369 e. The fraction of sp³-hybridized carbons (Fsp3) is 0.619. The molecule has 0 aliphatic rings. The van der Waals surface area contributed by atoms with Gasteiger partial charge in [-0.25, -0.2) is 0 Å². The number of hydrogen-bond acceptors (Lipinski definition) is 2. The molecule has 3 heteroatoms. The SMILES string of the molecule is CCCCCCC=CCCCCCCC(C(N)=O)c1cccnc1. The predicted octanol–water partition coefficient (Wildman–Crippen LogP) is 5.52. The van der Waals surface area contributed by atoms with Crippen LogP contribution in [0.2, 0.25) is 0 Å². The van der Waals surface area contributed by atoms with Gasteiger partial charge in [0.25, 0.3) is 0 Å². The van der Waals surface area contributed by atoms with Crippen molar-refractivity contribution in [3.63, 3.8) is 0 Å². The summed E-state index contributed by atoms with van der Waals surface area (Å²) in [6.07, 6.45) is 21.4. The number of carbonyl (C=O) groups is 1. The van der Waals surface area contributed by atoms with Crippen LogP contribution >= 0.6 is 0 Å². The maximum absolute atomic E-state index is 11.6. The molecule has 0 spiro atoms. The molecular formula is C21H34N2O. The van der Waals surface area contributed by atoms with Crippen molar-refractivity contribution in [1.82, 2.24) is 4.98 Å². The standard InChI is InChI=1S/C21H34N2O/c1-2-3-4-5-6-7-8-9-10-11-12-13-16-20(21(22)24)19-15-14-17-23-18-19/h7-8,14-15,17-18,20H,2-6,9-13,16H2,1H3,(H2,22,24). The van der Waals surface area contributed by atoms with Crippen LogP contribution < -0.4 is 5.73 Å². The molecule has 1 aromatic rings. The first-order chi connectivity index (χ1) is 11.8. The van der Waals surface area contributed by atoms with Crippen LogP contribution in [0.25, 0.3) is 0 Å². The number of primary amides is 1. The third kappa shape index (κ3) is 9.49. The number of hydrogen-bond donors (Lipinski definition) is 1. The molecule has 0 saturated heterocycles. The minimum atomic E-state index is -0.242. The van der Waals surface area contributed by atoms with E-state index in [4.69, 9.17) is 5.73 Å². The number of nitrogens with two attached hydrogens (primary N) is 1. The highest BCUT2D eigenvalue weighted by atomic mass is 16.1. The van der Waals surface area contributed by atoms with Crippen molar-refractivity contribution in [3.05, 3.63) is 42.2 Å². The highest BCUT2D eigenvalue weighted by Gasteiger charge is 2.17. The van der Waals surface area contributed by atoms with Gasteiger partial charge in [-0.05, 0) is 43.7 Å². The number of aromatic nitrogens is 1. The number of nitrogens with zero attached hydrogens (tertiary/aromatic N) is 1. The Bertz CT molecular complexity index is 456. The Kier molecular flexibility index (Phi) is 11.7. The second-order valence-corrected chi connectivity index (χ2v) is 6.55. The van der Waals surface area contributed by atoms with Crippen LogP contribution in [-0.2, 0) is 4.79 Å². The summed E-state index contributed by atoms with van der Waals surface area (Å²) in [6.45, 7) is 2.25. The summed E-state index contributed by atoms with van der Waals surface area (Å²) in [5.74, 6) is -0.435. The average molecular weight is 331 g/mol. The van der Waals surface area contributed by atoms with Crippen LogP contribution in [0.3, 0.4) is 0 Å². The summed E-state index contributed by atoms with van der Waals surface area (Å²) in [4.78, 5) is 15.7. The van der Waals surface area contributed by atoms with Crippen molar-refractivity contribution in [2.45, 2.75) is 83.5 Å².